The quantitative estimate of drug-likeness (QED) is 0.227. The molecule has 0 fully saturated rings. The largest absolute Gasteiger partial charge is 0.497 e. The molecule has 0 aromatic heterocycles. The normalized spacial score (nSPS) is 12.0. The minimum atomic E-state index is -4.22. The van der Waals surface area contributed by atoms with E-state index >= 15 is 0 Å². The van der Waals surface area contributed by atoms with Gasteiger partial charge in [-0.25, -0.2) is 8.42 Å². The Morgan fingerprint density at radius 3 is 2.16 bits per heavy atom. The molecule has 0 aliphatic rings. The van der Waals surface area contributed by atoms with Crippen LogP contribution in [0.4, 0.5) is 5.69 Å². The first-order valence-electron chi connectivity index (χ1n) is 14.2. The number of nitrogens with zero attached hydrogens (tertiary/aromatic N) is 2. The number of thioether (sulfide) groups is 1. The van der Waals surface area contributed by atoms with Gasteiger partial charge < -0.3 is 19.7 Å². The minimum Gasteiger partial charge on any atom is -0.497 e. The van der Waals surface area contributed by atoms with E-state index in [9.17, 15) is 18.0 Å². The molecule has 0 saturated heterocycles. The predicted octanol–water partition coefficient (Wildman–Crippen LogP) is 5.34. The average molecular weight is 628 g/mol. The lowest BCUT2D eigenvalue weighted by atomic mass is 10.1. The van der Waals surface area contributed by atoms with Crippen LogP contribution < -0.4 is 19.1 Å². The monoisotopic (exact) mass is 627 g/mol. The molecule has 3 aromatic carbocycles. The van der Waals surface area contributed by atoms with Gasteiger partial charge in [0.15, 0.2) is 0 Å². The van der Waals surface area contributed by atoms with Gasteiger partial charge in [0.1, 0.15) is 24.1 Å². The number of rotatable bonds is 15. The summed E-state index contributed by atoms with van der Waals surface area (Å²) in [4.78, 5) is 30.0. The molecule has 3 rings (SSSR count). The fourth-order valence-electron chi connectivity index (χ4n) is 4.56. The van der Waals surface area contributed by atoms with Crippen LogP contribution in [0.1, 0.15) is 39.7 Å². The fraction of sp³-hybridized carbons (Fsp3) is 0.375. The van der Waals surface area contributed by atoms with Crippen LogP contribution in [-0.2, 0) is 26.2 Å². The number of hydrogen-bond acceptors (Lipinski definition) is 7. The first-order valence-corrected chi connectivity index (χ1v) is 16.8. The summed E-state index contributed by atoms with van der Waals surface area (Å²) in [6.07, 6.45) is 2.24. The van der Waals surface area contributed by atoms with Gasteiger partial charge in [-0.15, -0.1) is 11.8 Å². The molecule has 0 bridgehead atoms. The molecule has 43 heavy (non-hydrogen) atoms. The fourth-order valence-corrected chi connectivity index (χ4v) is 6.39. The Morgan fingerprint density at radius 1 is 0.953 bits per heavy atom. The number of hydrogen-bond donors (Lipinski definition) is 1. The van der Waals surface area contributed by atoms with E-state index < -0.39 is 28.5 Å². The molecule has 0 heterocycles. The topological polar surface area (TPSA) is 105 Å². The Bertz CT molecular complexity index is 1460. The number of methoxy groups -OCH3 is 1. The van der Waals surface area contributed by atoms with Gasteiger partial charge in [0.05, 0.1) is 24.3 Å². The van der Waals surface area contributed by atoms with Gasteiger partial charge in [0.2, 0.25) is 11.8 Å². The highest BCUT2D eigenvalue weighted by Gasteiger charge is 2.35. The van der Waals surface area contributed by atoms with Crippen molar-refractivity contribution in [2.24, 2.45) is 0 Å². The summed E-state index contributed by atoms with van der Waals surface area (Å²) in [6, 6.07) is 19.5. The molecule has 0 aliphatic heterocycles. The Labute approximate surface area is 259 Å². The Morgan fingerprint density at radius 2 is 1.60 bits per heavy atom. The van der Waals surface area contributed by atoms with E-state index in [1.165, 1.54) is 28.8 Å². The van der Waals surface area contributed by atoms with Crippen LogP contribution in [-0.4, -0.2) is 63.7 Å². The van der Waals surface area contributed by atoms with Crippen molar-refractivity contribution in [3.05, 3.63) is 78.4 Å². The molecule has 2 amide bonds. The van der Waals surface area contributed by atoms with Gasteiger partial charge in [0, 0.05) is 17.5 Å². The second-order valence-electron chi connectivity index (χ2n) is 10.0. The Balaban J connectivity index is 2.11. The summed E-state index contributed by atoms with van der Waals surface area (Å²) < 4.78 is 40.5. The predicted molar refractivity (Wildman–Crippen MR) is 171 cm³/mol. The van der Waals surface area contributed by atoms with Crippen LogP contribution in [0.15, 0.2) is 82.6 Å². The van der Waals surface area contributed by atoms with Crippen molar-refractivity contribution < 1.29 is 27.5 Å². The van der Waals surface area contributed by atoms with Gasteiger partial charge in [-0.05, 0) is 87.5 Å². The zero-order chi connectivity index (χ0) is 31.6. The maximum absolute atomic E-state index is 14.3. The Kier molecular flexibility index (Phi) is 12.3. The average Bonchev–Trinajstić information content (AvgIpc) is 3.00. The molecule has 0 spiro atoms. The highest BCUT2D eigenvalue weighted by molar-refractivity contribution is 7.98. The van der Waals surface area contributed by atoms with Gasteiger partial charge >= 0.3 is 0 Å². The number of amides is 2. The number of ether oxygens (including phenoxy) is 2. The molecular weight excluding hydrogens is 587 g/mol. The number of carbonyl (C=O) groups is 2. The lowest BCUT2D eigenvalue weighted by Gasteiger charge is -2.34. The number of anilines is 1. The van der Waals surface area contributed by atoms with Gasteiger partial charge in [-0.1, -0.05) is 31.2 Å². The van der Waals surface area contributed by atoms with Crippen LogP contribution >= 0.6 is 11.8 Å². The van der Waals surface area contributed by atoms with E-state index in [0.29, 0.717) is 24.5 Å². The van der Waals surface area contributed by atoms with Crippen molar-refractivity contribution >= 4 is 39.3 Å². The molecule has 0 radical (unpaired) electrons. The number of nitrogens with one attached hydrogen (secondary N) is 1. The molecule has 3 aromatic rings. The lowest BCUT2D eigenvalue weighted by Crippen LogP contribution is -2.53. The van der Waals surface area contributed by atoms with Crippen LogP contribution in [0.3, 0.4) is 0 Å². The van der Waals surface area contributed by atoms with Crippen LogP contribution in [0.5, 0.6) is 11.5 Å². The molecule has 232 valence electrons. The van der Waals surface area contributed by atoms with Crippen molar-refractivity contribution in [1.29, 1.82) is 0 Å². The second kappa shape index (κ2) is 15.7. The van der Waals surface area contributed by atoms with E-state index in [1.54, 1.807) is 62.6 Å². The summed E-state index contributed by atoms with van der Waals surface area (Å²) in [6.45, 7) is 7.18. The van der Waals surface area contributed by atoms with E-state index in [4.69, 9.17) is 9.47 Å². The van der Waals surface area contributed by atoms with Crippen molar-refractivity contribution in [2.45, 2.75) is 62.5 Å². The third-order valence-electron chi connectivity index (χ3n) is 6.69. The maximum Gasteiger partial charge on any atom is 0.264 e. The molecule has 11 heteroatoms. The molecule has 9 nitrogen and oxygen atoms in total. The SMILES string of the molecule is CCOc1ccccc1N(CC(=O)N(Cc1ccc(OC)cc1)[C@H](CC)C(=O)NC(C)C)S(=O)(=O)c1ccc(SC)cc1. The molecular formula is C32H41N3O6S2. The summed E-state index contributed by atoms with van der Waals surface area (Å²) in [5, 5.41) is 2.90. The Hall–Kier alpha value is -3.70. The smallest absolute Gasteiger partial charge is 0.264 e. The molecule has 0 aliphatic carbocycles. The minimum absolute atomic E-state index is 0.0377. The van der Waals surface area contributed by atoms with Crippen molar-refractivity contribution in [3.63, 3.8) is 0 Å². The van der Waals surface area contributed by atoms with E-state index in [-0.39, 0.29) is 29.1 Å². The third kappa shape index (κ3) is 8.67. The number of para-hydroxylation sites is 2. The number of sulfonamides is 1. The number of benzene rings is 3. The van der Waals surface area contributed by atoms with Gasteiger partial charge in [-0.2, -0.15) is 0 Å². The lowest BCUT2D eigenvalue weighted by molar-refractivity contribution is -0.140. The van der Waals surface area contributed by atoms with Crippen LogP contribution in [0.25, 0.3) is 0 Å². The second-order valence-corrected chi connectivity index (χ2v) is 12.8. The first kappa shape index (κ1) is 33.8. The van der Waals surface area contributed by atoms with Crippen LogP contribution in [0, 0.1) is 0 Å². The number of carbonyl (C=O) groups excluding carboxylic acids is 2. The molecule has 0 saturated carbocycles. The van der Waals surface area contributed by atoms with E-state index in [0.717, 1.165) is 14.8 Å². The van der Waals surface area contributed by atoms with Crippen LogP contribution in [0.2, 0.25) is 0 Å². The van der Waals surface area contributed by atoms with Crippen molar-refractivity contribution in [2.75, 3.05) is 30.8 Å². The van der Waals surface area contributed by atoms with E-state index in [1.807, 2.05) is 39.2 Å². The van der Waals surface area contributed by atoms with Gasteiger partial charge in [0.25, 0.3) is 10.0 Å². The third-order valence-corrected chi connectivity index (χ3v) is 9.21. The zero-order valence-electron chi connectivity index (χ0n) is 25.6. The highest BCUT2D eigenvalue weighted by atomic mass is 32.2. The standard InChI is InChI=1S/C32H41N3O6S2/c1-7-28(32(37)33-23(3)4)34(21-24-13-15-25(40-5)16-14-24)31(36)22-35(29-11-9-10-12-30(29)41-8-2)43(38,39)27-19-17-26(42-6)18-20-27/h9-20,23,28H,7-8,21-22H2,1-6H3,(H,33,37)/t28-/m1/s1. The maximum atomic E-state index is 14.3. The van der Waals surface area contributed by atoms with Gasteiger partial charge in [-0.3, -0.25) is 13.9 Å². The summed E-state index contributed by atoms with van der Waals surface area (Å²) >= 11 is 1.50. The molecule has 0 unspecified atom stereocenters. The van der Waals surface area contributed by atoms with Crippen molar-refractivity contribution in [1.82, 2.24) is 10.2 Å². The summed E-state index contributed by atoms with van der Waals surface area (Å²) in [5.74, 6) is 0.144. The zero-order valence-corrected chi connectivity index (χ0v) is 27.2. The van der Waals surface area contributed by atoms with E-state index in [2.05, 4.69) is 5.32 Å². The van der Waals surface area contributed by atoms with Crippen molar-refractivity contribution in [3.8, 4) is 11.5 Å². The molecule has 1 N–H and O–H groups in total. The molecule has 1 atom stereocenters. The summed E-state index contributed by atoms with van der Waals surface area (Å²) in [5.41, 5.74) is 0.998. The first-order chi connectivity index (χ1) is 20.5. The summed E-state index contributed by atoms with van der Waals surface area (Å²) in [7, 11) is -2.66. The highest BCUT2D eigenvalue weighted by Crippen LogP contribution is 2.33.